The van der Waals surface area contributed by atoms with Crippen molar-refractivity contribution < 1.29 is 18.3 Å². The lowest BCUT2D eigenvalue weighted by Gasteiger charge is -2.35. The molecule has 2 aliphatic rings. The normalized spacial score (nSPS) is 23.2. The Bertz CT molecular complexity index is 1140. The highest BCUT2D eigenvalue weighted by Gasteiger charge is 2.36. The molecule has 0 radical (unpaired) electrons. The van der Waals surface area contributed by atoms with Crippen LogP contribution in [0.25, 0.3) is 0 Å². The summed E-state index contributed by atoms with van der Waals surface area (Å²) < 4.78 is 30.0. The van der Waals surface area contributed by atoms with Gasteiger partial charge in [0.25, 0.3) is 0 Å². The Morgan fingerprint density at radius 3 is 2.73 bits per heavy atom. The van der Waals surface area contributed by atoms with Gasteiger partial charge in [-0.2, -0.15) is 5.26 Å². The molecule has 2 aromatic carbocycles. The second kappa shape index (κ2) is 10.0. The molecule has 0 unspecified atom stereocenters. The highest BCUT2D eigenvalue weighted by Crippen LogP contribution is 2.34. The Hall–Kier alpha value is -2.11. The maximum Gasteiger partial charge on any atom is 0.180 e. The van der Waals surface area contributed by atoms with Crippen LogP contribution in [0.2, 0.25) is 5.02 Å². The molecule has 1 N–H and O–H groups in total. The Morgan fingerprint density at radius 2 is 2.03 bits per heavy atom. The predicted octanol–water partition coefficient (Wildman–Crippen LogP) is 3.62. The predicted molar refractivity (Wildman–Crippen MR) is 127 cm³/mol. The molecule has 1 aliphatic carbocycles. The number of ether oxygens (including phenoxy) is 1. The number of aliphatic hydroxyl groups excluding tert-OH is 1. The number of rotatable bonds is 7. The van der Waals surface area contributed by atoms with Gasteiger partial charge in [0, 0.05) is 29.6 Å². The van der Waals surface area contributed by atoms with Crippen molar-refractivity contribution >= 4 is 21.4 Å². The van der Waals surface area contributed by atoms with Crippen molar-refractivity contribution in [1.29, 1.82) is 5.26 Å². The molecule has 2 aromatic rings. The minimum atomic E-state index is -3.45. The van der Waals surface area contributed by atoms with Crippen LogP contribution in [0.4, 0.5) is 0 Å². The number of sulfone groups is 1. The van der Waals surface area contributed by atoms with E-state index in [4.69, 9.17) is 21.4 Å². The zero-order valence-corrected chi connectivity index (χ0v) is 20.3. The van der Waals surface area contributed by atoms with E-state index in [1.807, 2.05) is 6.07 Å². The van der Waals surface area contributed by atoms with Crippen LogP contribution in [0.1, 0.15) is 36.5 Å². The average molecular weight is 489 g/mol. The molecule has 3 atom stereocenters. The van der Waals surface area contributed by atoms with E-state index in [0.29, 0.717) is 40.9 Å². The number of fused-ring (bicyclic) bond motifs is 1. The first-order chi connectivity index (χ1) is 15.8. The summed E-state index contributed by atoms with van der Waals surface area (Å²) in [6, 6.07) is 13.4. The Morgan fingerprint density at radius 1 is 1.27 bits per heavy atom. The highest BCUT2D eigenvalue weighted by atomic mass is 35.5. The van der Waals surface area contributed by atoms with Gasteiger partial charge < -0.3 is 9.84 Å². The summed E-state index contributed by atoms with van der Waals surface area (Å²) in [6.07, 6.45) is 3.89. The Balaban J connectivity index is 1.35. The lowest BCUT2D eigenvalue weighted by Crippen LogP contribution is -2.41. The van der Waals surface area contributed by atoms with Crippen molar-refractivity contribution in [2.24, 2.45) is 5.92 Å². The third kappa shape index (κ3) is 5.36. The molecular formula is C25H29ClN2O4S. The van der Waals surface area contributed by atoms with E-state index < -0.39 is 16.4 Å². The van der Waals surface area contributed by atoms with Gasteiger partial charge >= 0.3 is 0 Å². The largest absolute Gasteiger partial charge is 0.493 e. The smallest absolute Gasteiger partial charge is 0.180 e. The third-order valence-electron chi connectivity index (χ3n) is 6.82. The zero-order chi connectivity index (χ0) is 23.6. The van der Waals surface area contributed by atoms with Crippen LogP contribution in [-0.2, 0) is 22.7 Å². The van der Waals surface area contributed by atoms with E-state index in [-0.39, 0.29) is 10.6 Å². The number of nitrogens with zero attached hydrogens (tertiary/aromatic N) is 2. The summed E-state index contributed by atoms with van der Waals surface area (Å²) in [4.78, 5) is 2.76. The molecule has 176 valence electrons. The van der Waals surface area contributed by atoms with E-state index in [1.165, 1.54) is 17.7 Å². The lowest BCUT2D eigenvalue weighted by atomic mass is 9.85. The molecule has 1 saturated heterocycles. The molecule has 0 saturated carbocycles. The minimum absolute atomic E-state index is 0.196. The quantitative estimate of drug-likeness (QED) is 0.640. The molecule has 0 bridgehead atoms. The Kier molecular flexibility index (Phi) is 7.30. The van der Waals surface area contributed by atoms with E-state index in [9.17, 15) is 13.7 Å². The van der Waals surface area contributed by atoms with Gasteiger partial charge in [-0.15, -0.1) is 0 Å². The third-order valence-corrected chi connectivity index (χ3v) is 8.75. The lowest BCUT2D eigenvalue weighted by molar-refractivity contribution is 0.164. The van der Waals surface area contributed by atoms with Gasteiger partial charge in [-0.3, -0.25) is 4.90 Å². The number of aliphatic hydroxyl groups is 1. The Labute approximate surface area is 200 Å². The van der Waals surface area contributed by atoms with Gasteiger partial charge in [0.05, 0.1) is 35.5 Å². The molecule has 8 heteroatoms. The first-order valence-corrected chi connectivity index (χ1v) is 13.4. The highest BCUT2D eigenvalue weighted by molar-refractivity contribution is 7.91. The molecule has 33 heavy (non-hydrogen) atoms. The van der Waals surface area contributed by atoms with Crippen molar-refractivity contribution in [2.45, 2.75) is 49.6 Å². The molecule has 6 nitrogen and oxygen atoms in total. The number of halogens is 1. The molecule has 0 spiro atoms. The molecule has 1 fully saturated rings. The molecule has 0 aromatic heterocycles. The summed E-state index contributed by atoms with van der Waals surface area (Å²) in [6.45, 7) is 3.40. The van der Waals surface area contributed by atoms with Crippen LogP contribution in [0.5, 0.6) is 5.75 Å². The maximum atomic E-state index is 12.0. The average Bonchev–Trinajstić information content (AvgIpc) is 3.17. The van der Waals surface area contributed by atoms with Crippen LogP contribution in [-0.4, -0.2) is 56.0 Å². The maximum absolute atomic E-state index is 12.0. The number of hydrogen-bond acceptors (Lipinski definition) is 6. The van der Waals surface area contributed by atoms with Gasteiger partial charge in [-0.1, -0.05) is 11.6 Å². The van der Waals surface area contributed by atoms with Crippen LogP contribution < -0.4 is 4.74 Å². The summed E-state index contributed by atoms with van der Waals surface area (Å²) in [5, 5.41) is 19.0. The van der Waals surface area contributed by atoms with Crippen LogP contribution in [0.15, 0.2) is 41.3 Å². The van der Waals surface area contributed by atoms with Gasteiger partial charge in [0.15, 0.2) is 9.84 Å². The van der Waals surface area contributed by atoms with E-state index in [2.05, 4.69) is 17.9 Å². The summed E-state index contributed by atoms with van der Waals surface area (Å²) in [5.41, 5.74) is 3.04. The monoisotopic (exact) mass is 488 g/mol. The van der Waals surface area contributed by atoms with Crippen molar-refractivity contribution in [2.75, 3.05) is 25.5 Å². The van der Waals surface area contributed by atoms with Crippen LogP contribution in [0, 0.1) is 17.2 Å². The second-order valence-corrected chi connectivity index (χ2v) is 11.6. The first-order valence-electron chi connectivity index (χ1n) is 11.3. The summed E-state index contributed by atoms with van der Waals surface area (Å²) >= 11 is 6.24. The van der Waals surface area contributed by atoms with E-state index >= 15 is 0 Å². The van der Waals surface area contributed by atoms with E-state index in [0.717, 1.165) is 37.8 Å². The second-order valence-electron chi connectivity index (χ2n) is 9.07. The molecule has 4 rings (SSSR count). The van der Waals surface area contributed by atoms with Crippen molar-refractivity contribution in [3.8, 4) is 11.8 Å². The van der Waals surface area contributed by atoms with E-state index in [1.54, 1.807) is 18.2 Å². The number of benzene rings is 2. The molecule has 1 heterocycles. The van der Waals surface area contributed by atoms with Crippen molar-refractivity contribution in [3.63, 3.8) is 0 Å². The van der Waals surface area contributed by atoms with Gasteiger partial charge in [-0.05, 0) is 80.1 Å². The van der Waals surface area contributed by atoms with Gasteiger partial charge in [-0.25, -0.2) is 8.42 Å². The summed E-state index contributed by atoms with van der Waals surface area (Å²) in [7, 11) is -3.45. The fourth-order valence-corrected chi connectivity index (χ4v) is 6.48. The number of hydrogen-bond donors (Lipinski definition) is 1. The zero-order valence-electron chi connectivity index (χ0n) is 18.7. The number of nitriles is 1. The fourth-order valence-electron chi connectivity index (χ4n) is 5.22. The fraction of sp³-hybridized carbons (Fsp3) is 0.480. The van der Waals surface area contributed by atoms with Crippen molar-refractivity contribution in [3.05, 3.63) is 58.1 Å². The topological polar surface area (TPSA) is 90.6 Å². The first kappa shape index (κ1) is 24.0. The van der Waals surface area contributed by atoms with Crippen molar-refractivity contribution in [1.82, 2.24) is 4.90 Å². The van der Waals surface area contributed by atoms with Crippen LogP contribution >= 0.6 is 11.6 Å². The standard InChI is InChI=1S/C25H29ClN2O4S/c1-17-10-18(16-32-23-3-5-24(6-4-23)33(30,31)9-8-29)15-28(17)22-2-7-25-19(13-22)11-21(26)12-20(25)14-27/h3-6,11-12,17-18,22,29H,2,7-10,13,15-16H2,1H3/t17-,18+,22-/m1/s1. The summed E-state index contributed by atoms with van der Waals surface area (Å²) in [5.74, 6) is 0.765. The van der Waals surface area contributed by atoms with Crippen LogP contribution in [0.3, 0.4) is 0 Å². The SMILES string of the molecule is C[C@@H]1C[C@H](COc2ccc(S(=O)(=O)CCO)cc2)CN1[C@@H]1CCc2c(C#N)cc(Cl)cc2C1. The van der Waals surface area contributed by atoms with Gasteiger partial charge in [0.1, 0.15) is 5.75 Å². The molecular weight excluding hydrogens is 460 g/mol. The molecule has 1 aliphatic heterocycles. The molecule has 0 amide bonds. The number of likely N-dealkylation sites (tertiary alicyclic amines) is 1. The van der Waals surface area contributed by atoms with Gasteiger partial charge in [0.2, 0.25) is 0 Å². The minimum Gasteiger partial charge on any atom is -0.493 e.